The molecule has 0 saturated heterocycles. The van der Waals surface area contributed by atoms with Gasteiger partial charge in [-0.3, -0.25) is 4.79 Å². The first-order chi connectivity index (χ1) is 9.12. The number of aryl methyl sites for hydroxylation is 1. The van der Waals surface area contributed by atoms with Gasteiger partial charge in [-0.25, -0.2) is 0 Å². The van der Waals surface area contributed by atoms with Gasteiger partial charge >= 0.3 is 0 Å². The van der Waals surface area contributed by atoms with Gasteiger partial charge in [-0.2, -0.15) is 5.26 Å². The van der Waals surface area contributed by atoms with Crippen molar-refractivity contribution in [2.75, 3.05) is 14.2 Å². The minimum absolute atomic E-state index is 0.0855. The number of hydrogen-bond donors (Lipinski definition) is 0. The smallest absolute Gasteiger partial charge is 0.255 e. The first kappa shape index (κ1) is 13.0. The molecule has 1 aromatic heterocycles. The van der Waals surface area contributed by atoms with E-state index in [9.17, 15) is 4.79 Å². The predicted molar refractivity (Wildman–Crippen MR) is 71.6 cm³/mol. The summed E-state index contributed by atoms with van der Waals surface area (Å²) in [6.45, 7) is 0. The Morgan fingerprint density at radius 2 is 2.00 bits per heavy atom. The van der Waals surface area contributed by atoms with Crippen LogP contribution in [0.4, 0.5) is 0 Å². The van der Waals surface area contributed by atoms with Gasteiger partial charge in [-0.1, -0.05) is 0 Å². The number of pyridine rings is 1. The van der Waals surface area contributed by atoms with Crippen LogP contribution < -0.4 is 15.0 Å². The number of fused-ring (bicyclic) bond motifs is 1. The van der Waals surface area contributed by atoms with Gasteiger partial charge in [0.05, 0.1) is 32.2 Å². The molecule has 1 heterocycles. The average molecular weight is 258 g/mol. The zero-order valence-electron chi connectivity index (χ0n) is 11.1. The van der Waals surface area contributed by atoms with Gasteiger partial charge in [-0.05, 0) is 12.1 Å². The molecule has 0 saturated carbocycles. The van der Waals surface area contributed by atoms with Gasteiger partial charge in [0.1, 0.15) is 11.5 Å². The van der Waals surface area contributed by atoms with Crippen LogP contribution in [0.25, 0.3) is 10.9 Å². The summed E-state index contributed by atoms with van der Waals surface area (Å²) < 4.78 is 12.0. The van der Waals surface area contributed by atoms with Gasteiger partial charge < -0.3 is 14.0 Å². The Bertz CT molecular complexity index is 726. The molecule has 5 heteroatoms. The van der Waals surface area contributed by atoms with E-state index in [-0.39, 0.29) is 12.0 Å². The van der Waals surface area contributed by atoms with Crippen molar-refractivity contribution in [3.8, 4) is 17.6 Å². The fourth-order valence-corrected chi connectivity index (χ4v) is 2.12. The lowest BCUT2D eigenvalue weighted by atomic mass is 10.1. The summed E-state index contributed by atoms with van der Waals surface area (Å²) in [5.41, 5.74) is 0.973. The van der Waals surface area contributed by atoms with Crippen molar-refractivity contribution in [3.05, 3.63) is 34.1 Å². The molecule has 0 N–H and O–H groups in total. The summed E-state index contributed by atoms with van der Waals surface area (Å²) in [6, 6.07) is 7.26. The van der Waals surface area contributed by atoms with Gasteiger partial charge in [0, 0.05) is 24.1 Å². The lowest BCUT2D eigenvalue weighted by Crippen LogP contribution is -2.21. The highest BCUT2D eigenvalue weighted by atomic mass is 16.5. The first-order valence-corrected chi connectivity index (χ1v) is 5.74. The summed E-state index contributed by atoms with van der Waals surface area (Å²) in [7, 11) is 4.78. The van der Waals surface area contributed by atoms with E-state index in [1.54, 1.807) is 33.4 Å². The van der Waals surface area contributed by atoms with Gasteiger partial charge in [0.2, 0.25) is 0 Å². The van der Waals surface area contributed by atoms with Crippen LogP contribution in [0.15, 0.2) is 23.0 Å². The van der Waals surface area contributed by atoms with Crippen molar-refractivity contribution >= 4 is 10.9 Å². The maximum absolute atomic E-state index is 12.1. The Hall–Kier alpha value is -2.48. The van der Waals surface area contributed by atoms with Crippen LogP contribution in [-0.2, 0) is 13.5 Å². The molecule has 0 bridgehead atoms. The number of rotatable bonds is 3. The molecular formula is C14H14N2O3. The topological polar surface area (TPSA) is 64.2 Å². The van der Waals surface area contributed by atoms with Crippen molar-refractivity contribution in [1.29, 1.82) is 5.26 Å². The van der Waals surface area contributed by atoms with Crippen LogP contribution in [0, 0.1) is 11.3 Å². The number of nitriles is 1. The highest BCUT2D eigenvalue weighted by Gasteiger charge is 2.12. The molecular weight excluding hydrogens is 244 g/mol. The third-order valence-corrected chi connectivity index (χ3v) is 3.05. The molecule has 1 aromatic carbocycles. The van der Waals surface area contributed by atoms with Gasteiger partial charge in [-0.15, -0.1) is 0 Å². The zero-order valence-corrected chi connectivity index (χ0v) is 11.1. The molecule has 2 aromatic rings. The van der Waals surface area contributed by atoms with Crippen molar-refractivity contribution < 1.29 is 9.47 Å². The standard InChI is InChI=1S/C14H14N2O3/c1-16-13-10(6-9(4-5-15)14(16)17)7-11(18-2)8-12(13)19-3/h6-8H,4H2,1-3H3. The van der Waals surface area contributed by atoms with Crippen molar-refractivity contribution in [1.82, 2.24) is 4.57 Å². The first-order valence-electron chi connectivity index (χ1n) is 5.74. The largest absolute Gasteiger partial charge is 0.497 e. The van der Waals surface area contributed by atoms with Crippen LogP contribution >= 0.6 is 0 Å². The van der Waals surface area contributed by atoms with E-state index >= 15 is 0 Å². The van der Waals surface area contributed by atoms with Gasteiger partial charge in [0.15, 0.2) is 0 Å². The molecule has 0 atom stereocenters. The second-order valence-electron chi connectivity index (χ2n) is 4.14. The average Bonchev–Trinajstić information content (AvgIpc) is 2.43. The Kier molecular flexibility index (Phi) is 3.43. The highest BCUT2D eigenvalue weighted by molar-refractivity contribution is 5.87. The molecule has 0 aliphatic rings. The molecule has 19 heavy (non-hydrogen) atoms. The summed E-state index contributed by atoms with van der Waals surface area (Å²) in [5, 5.41) is 9.57. The molecule has 0 unspecified atom stereocenters. The van der Waals surface area contributed by atoms with E-state index in [0.29, 0.717) is 22.6 Å². The molecule has 0 radical (unpaired) electrons. The quantitative estimate of drug-likeness (QED) is 0.839. The fraction of sp³-hybridized carbons (Fsp3) is 0.286. The summed E-state index contributed by atoms with van der Waals surface area (Å²) >= 11 is 0. The molecule has 5 nitrogen and oxygen atoms in total. The molecule has 0 amide bonds. The lowest BCUT2D eigenvalue weighted by Gasteiger charge is -2.13. The molecule has 0 aliphatic heterocycles. The number of benzene rings is 1. The van der Waals surface area contributed by atoms with Crippen LogP contribution in [0.5, 0.6) is 11.5 Å². The van der Waals surface area contributed by atoms with E-state index in [4.69, 9.17) is 14.7 Å². The van der Waals surface area contributed by atoms with Crippen molar-refractivity contribution in [2.24, 2.45) is 7.05 Å². The third-order valence-electron chi connectivity index (χ3n) is 3.05. The summed E-state index contributed by atoms with van der Waals surface area (Å²) in [5.74, 6) is 1.21. The Morgan fingerprint density at radius 3 is 2.58 bits per heavy atom. The second kappa shape index (κ2) is 5.02. The molecule has 0 aliphatic carbocycles. The highest BCUT2D eigenvalue weighted by Crippen LogP contribution is 2.30. The monoisotopic (exact) mass is 258 g/mol. The summed E-state index contributed by atoms with van der Waals surface area (Å²) in [6.07, 6.45) is 0.0855. The molecule has 98 valence electrons. The number of hydrogen-bond acceptors (Lipinski definition) is 4. The van der Waals surface area contributed by atoms with E-state index in [1.165, 1.54) is 4.57 Å². The maximum atomic E-state index is 12.1. The maximum Gasteiger partial charge on any atom is 0.255 e. The molecule has 2 rings (SSSR count). The van der Waals surface area contributed by atoms with Crippen LogP contribution in [-0.4, -0.2) is 18.8 Å². The molecule has 0 fully saturated rings. The van der Waals surface area contributed by atoms with Crippen LogP contribution in [0.1, 0.15) is 5.56 Å². The fourth-order valence-electron chi connectivity index (χ4n) is 2.12. The Morgan fingerprint density at radius 1 is 1.26 bits per heavy atom. The SMILES string of the molecule is COc1cc(OC)c2c(c1)cc(CC#N)c(=O)n2C. The third kappa shape index (κ3) is 2.13. The van der Waals surface area contributed by atoms with E-state index in [1.807, 2.05) is 12.1 Å². The number of aromatic nitrogens is 1. The zero-order chi connectivity index (χ0) is 14.0. The van der Waals surface area contributed by atoms with Crippen molar-refractivity contribution in [3.63, 3.8) is 0 Å². The number of methoxy groups -OCH3 is 2. The lowest BCUT2D eigenvalue weighted by molar-refractivity contribution is 0.396. The number of ether oxygens (including phenoxy) is 2. The van der Waals surface area contributed by atoms with Gasteiger partial charge in [0.25, 0.3) is 5.56 Å². The predicted octanol–water partition coefficient (Wildman–Crippen LogP) is 1.62. The normalized spacial score (nSPS) is 10.2. The van der Waals surface area contributed by atoms with Crippen LogP contribution in [0.2, 0.25) is 0 Å². The Labute approximate surface area is 110 Å². The second-order valence-corrected chi connectivity index (χ2v) is 4.14. The number of nitrogens with zero attached hydrogens (tertiary/aromatic N) is 2. The summed E-state index contributed by atoms with van der Waals surface area (Å²) in [4.78, 5) is 12.1. The van der Waals surface area contributed by atoms with E-state index in [2.05, 4.69) is 0 Å². The van der Waals surface area contributed by atoms with E-state index in [0.717, 1.165) is 5.39 Å². The Balaban J connectivity index is 2.88. The van der Waals surface area contributed by atoms with E-state index < -0.39 is 0 Å². The minimum atomic E-state index is -0.183. The molecule has 0 spiro atoms. The minimum Gasteiger partial charge on any atom is -0.497 e. The van der Waals surface area contributed by atoms with Crippen molar-refractivity contribution in [2.45, 2.75) is 6.42 Å². The van der Waals surface area contributed by atoms with Crippen LogP contribution in [0.3, 0.4) is 0 Å².